The molecular weight excluding hydrogens is 342 g/mol. The number of nitro benzene ring substituents is 1. The zero-order chi connectivity index (χ0) is 18.7. The second-order valence-corrected chi connectivity index (χ2v) is 5.13. The molecule has 0 fully saturated rings. The van der Waals surface area contributed by atoms with Crippen LogP contribution in [0.4, 0.5) is 5.69 Å². The van der Waals surface area contributed by atoms with Crippen LogP contribution in [-0.4, -0.2) is 36.5 Å². The van der Waals surface area contributed by atoms with Crippen molar-refractivity contribution in [3.63, 3.8) is 0 Å². The third kappa shape index (κ3) is 3.14. The maximum absolute atomic E-state index is 10.7. The molecule has 0 aliphatic heterocycles. The van der Waals surface area contributed by atoms with Crippen LogP contribution in [0.15, 0.2) is 40.8 Å². The number of non-ortho nitro benzene ring substituents is 1. The number of ether oxygens (including phenoxy) is 3. The van der Waals surface area contributed by atoms with Crippen LogP contribution in [0.5, 0.6) is 17.2 Å². The lowest BCUT2D eigenvalue weighted by molar-refractivity contribution is -0.384. The SMILES string of the molecule is COc1cc(-c2nnc(-c3ccc([N+](=O)[O-])cc3)o2)cc(OC)c1OC. The molecule has 1 aromatic heterocycles. The molecule has 0 aliphatic rings. The van der Waals surface area contributed by atoms with E-state index in [1.54, 1.807) is 24.3 Å². The topological polar surface area (TPSA) is 110 Å². The molecule has 2 aromatic carbocycles. The van der Waals surface area contributed by atoms with Gasteiger partial charge in [0.2, 0.25) is 17.5 Å². The summed E-state index contributed by atoms with van der Waals surface area (Å²) < 4.78 is 21.6. The Morgan fingerprint density at radius 3 is 1.88 bits per heavy atom. The van der Waals surface area contributed by atoms with Gasteiger partial charge in [-0.1, -0.05) is 0 Å². The largest absolute Gasteiger partial charge is 0.493 e. The summed E-state index contributed by atoms with van der Waals surface area (Å²) >= 11 is 0. The monoisotopic (exact) mass is 357 g/mol. The van der Waals surface area contributed by atoms with Crippen LogP contribution >= 0.6 is 0 Å². The minimum Gasteiger partial charge on any atom is -0.493 e. The Hall–Kier alpha value is -3.62. The molecule has 0 radical (unpaired) electrons. The van der Waals surface area contributed by atoms with Crippen molar-refractivity contribution in [2.24, 2.45) is 0 Å². The second kappa shape index (κ2) is 7.09. The van der Waals surface area contributed by atoms with E-state index in [1.165, 1.54) is 33.5 Å². The Balaban J connectivity index is 1.98. The summed E-state index contributed by atoms with van der Waals surface area (Å²) in [5.74, 6) is 1.85. The molecule has 0 aliphatic carbocycles. The third-order valence-corrected chi connectivity index (χ3v) is 3.66. The van der Waals surface area contributed by atoms with E-state index in [0.29, 0.717) is 28.4 Å². The van der Waals surface area contributed by atoms with Crippen molar-refractivity contribution in [3.05, 3.63) is 46.5 Å². The Morgan fingerprint density at radius 2 is 1.42 bits per heavy atom. The van der Waals surface area contributed by atoms with E-state index in [9.17, 15) is 10.1 Å². The average Bonchev–Trinajstić information content (AvgIpc) is 3.17. The summed E-state index contributed by atoms with van der Waals surface area (Å²) in [6.07, 6.45) is 0. The van der Waals surface area contributed by atoms with Crippen molar-refractivity contribution < 1.29 is 23.6 Å². The highest BCUT2D eigenvalue weighted by Crippen LogP contribution is 2.41. The van der Waals surface area contributed by atoms with E-state index >= 15 is 0 Å². The van der Waals surface area contributed by atoms with Crippen LogP contribution in [0.2, 0.25) is 0 Å². The summed E-state index contributed by atoms with van der Waals surface area (Å²) in [6.45, 7) is 0. The molecule has 0 unspecified atom stereocenters. The van der Waals surface area contributed by atoms with Crippen molar-refractivity contribution in [2.45, 2.75) is 0 Å². The average molecular weight is 357 g/mol. The van der Waals surface area contributed by atoms with Gasteiger partial charge in [-0.2, -0.15) is 0 Å². The van der Waals surface area contributed by atoms with Crippen molar-refractivity contribution >= 4 is 5.69 Å². The van der Waals surface area contributed by atoms with Crippen molar-refractivity contribution in [2.75, 3.05) is 21.3 Å². The molecule has 0 bridgehead atoms. The van der Waals surface area contributed by atoms with Gasteiger partial charge in [-0.05, 0) is 24.3 Å². The Labute approximate surface area is 148 Å². The summed E-state index contributed by atoms with van der Waals surface area (Å²) in [4.78, 5) is 10.3. The van der Waals surface area contributed by atoms with Crippen LogP contribution in [0, 0.1) is 10.1 Å². The van der Waals surface area contributed by atoms with Crippen molar-refractivity contribution in [1.82, 2.24) is 10.2 Å². The number of nitro groups is 1. The predicted molar refractivity (Wildman–Crippen MR) is 91.5 cm³/mol. The number of hydrogen-bond acceptors (Lipinski definition) is 8. The maximum atomic E-state index is 10.7. The van der Waals surface area contributed by atoms with Gasteiger partial charge in [-0.15, -0.1) is 10.2 Å². The van der Waals surface area contributed by atoms with E-state index in [2.05, 4.69) is 10.2 Å². The summed E-state index contributed by atoms with van der Waals surface area (Å²) in [7, 11) is 4.54. The van der Waals surface area contributed by atoms with Crippen LogP contribution in [0.3, 0.4) is 0 Å². The van der Waals surface area contributed by atoms with Crippen molar-refractivity contribution in [1.29, 1.82) is 0 Å². The molecule has 0 amide bonds. The number of aromatic nitrogens is 2. The highest BCUT2D eigenvalue weighted by atomic mass is 16.6. The molecule has 26 heavy (non-hydrogen) atoms. The molecule has 9 heteroatoms. The second-order valence-electron chi connectivity index (χ2n) is 5.13. The molecule has 0 spiro atoms. The zero-order valence-electron chi connectivity index (χ0n) is 14.3. The molecule has 3 aromatic rings. The number of methoxy groups -OCH3 is 3. The highest BCUT2D eigenvalue weighted by molar-refractivity contribution is 5.66. The first kappa shape index (κ1) is 17.2. The summed E-state index contributed by atoms with van der Waals surface area (Å²) in [5, 5.41) is 18.7. The van der Waals surface area contributed by atoms with Gasteiger partial charge in [0.15, 0.2) is 11.5 Å². The highest BCUT2D eigenvalue weighted by Gasteiger charge is 2.18. The number of benzene rings is 2. The Kier molecular flexibility index (Phi) is 4.70. The van der Waals surface area contributed by atoms with Crippen LogP contribution in [0.1, 0.15) is 0 Å². The van der Waals surface area contributed by atoms with Gasteiger partial charge >= 0.3 is 0 Å². The molecule has 134 valence electrons. The predicted octanol–water partition coefficient (Wildman–Crippen LogP) is 3.34. The lowest BCUT2D eigenvalue weighted by Gasteiger charge is -2.12. The van der Waals surface area contributed by atoms with E-state index in [0.717, 1.165) is 0 Å². The molecular formula is C17H15N3O6. The third-order valence-electron chi connectivity index (χ3n) is 3.66. The Bertz CT molecular complexity index is 911. The van der Waals surface area contributed by atoms with Crippen molar-refractivity contribution in [3.8, 4) is 40.2 Å². The molecule has 0 saturated carbocycles. The molecule has 0 N–H and O–H groups in total. The minimum atomic E-state index is -0.473. The molecule has 1 heterocycles. The number of rotatable bonds is 6. The molecule has 3 rings (SSSR count). The van der Waals surface area contributed by atoms with Gasteiger partial charge in [-0.3, -0.25) is 10.1 Å². The first-order chi connectivity index (χ1) is 12.6. The standard InChI is InChI=1S/C17H15N3O6/c1-23-13-8-11(9-14(24-2)15(13)25-3)17-19-18-16(26-17)10-4-6-12(7-5-10)20(21)22/h4-9H,1-3H3. The van der Waals surface area contributed by atoms with E-state index in [1.807, 2.05) is 0 Å². The first-order valence-corrected chi connectivity index (χ1v) is 7.46. The fourth-order valence-corrected chi connectivity index (χ4v) is 2.39. The molecule has 9 nitrogen and oxygen atoms in total. The Morgan fingerprint density at radius 1 is 0.885 bits per heavy atom. The normalized spacial score (nSPS) is 10.4. The van der Waals surface area contributed by atoms with E-state index in [4.69, 9.17) is 18.6 Å². The van der Waals surface area contributed by atoms with Crippen LogP contribution < -0.4 is 14.2 Å². The van der Waals surface area contributed by atoms with Crippen LogP contribution in [0.25, 0.3) is 22.9 Å². The summed E-state index contributed by atoms with van der Waals surface area (Å²) in [5.41, 5.74) is 1.14. The molecule has 0 saturated heterocycles. The maximum Gasteiger partial charge on any atom is 0.269 e. The quantitative estimate of drug-likeness (QED) is 0.488. The fourth-order valence-electron chi connectivity index (χ4n) is 2.39. The van der Waals surface area contributed by atoms with Gasteiger partial charge in [0.25, 0.3) is 5.69 Å². The lowest BCUT2D eigenvalue weighted by atomic mass is 10.2. The fraction of sp³-hybridized carbons (Fsp3) is 0.176. The summed E-state index contributed by atoms with van der Waals surface area (Å²) in [6, 6.07) is 9.22. The van der Waals surface area contributed by atoms with Gasteiger partial charge in [0.05, 0.1) is 26.3 Å². The van der Waals surface area contributed by atoms with Gasteiger partial charge in [0.1, 0.15) is 0 Å². The van der Waals surface area contributed by atoms with Gasteiger partial charge in [-0.25, -0.2) is 0 Å². The minimum absolute atomic E-state index is 0.0156. The molecule has 0 atom stereocenters. The van der Waals surface area contributed by atoms with Gasteiger partial charge < -0.3 is 18.6 Å². The number of hydrogen-bond donors (Lipinski definition) is 0. The zero-order valence-corrected chi connectivity index (χ0v) is 14.3. The van der Waals surface area contributed by atoms with Gasteiger partial charge in [0, 0.05) is 23.3 Å². The number of nitrogens with zero attached hydrogens (tertiary/aromatic N) is 3. The lowest BCUT2D eigenvalue weighted by Crippen LogP contribution is -1.95. The smallest absolute Gasteiger partial charge is 0.269 e. The van der Waals surface area contributed by atoms with E-state index in [-0.39, 0.29) is 17.5 Å². The van der Waals surface area contributed by atoms with E-state index < -0.39 is 4.92 Å². The van der Waals surface area contributed by atoms with Crippen LogP contribution in [-0.2, 0) is 0 Å². The first-order valence-electron chi connectivity index (χ1n) is 7.46.